The highest BCUT2D eigenvalue weighted by atomic mass is 16.5. The van der Waals surface area contributed by atoms with E-state index in [2.05, 4.69) is 66.3 Å². The fourth-order valence-electron chi connectivity index (χ4n) is 3.86. The molecule has 0 saturated heterocycles. The maximum absolute atomic E-state index is 6.09. The third-order valence-electron chi connectivity index (χ3n) is 4.99. The fraction of sp³-hybridized carbons (Fsp3) is 0.263. The zero-order valence-electron chi connectivity index (χ0n) is 13.0. The summed E-state index contributed by atoms with van der Waals surface area (Å²) in [5, 5.41) is 4.77. The molecule has 2 aromatic carbocycles. The monoisotopic (exact) mass is 304 g/mol. The van der Waals surface area contributed by atoms with Crippen molar-refractivity contribution in [3.63, 3.8) is 0 Å². The first-order valence-corrected chi connectivity index (χ1v) is 8.06. The van der Waals surface area contributed by atoms with E-state index in [1.807, 2.05) is 4.68 Å². The topological polar surface area (TPSA) is 30.9 Å². The van der Waals surface area contributed by atoms with Gasteiger partial charge in [0.15, 0.2) is 0 Å². The molecule has 23 heavy (non-hydrogen) atoms. The van der Waals surface area contributed by atoms with Crippen molar-refractivity contribution in [2.24, 2.45) is 0 Å². The molecule has 114 valence electrons. The highest BCUT2D eigenvalue weighted by molar-refractivity contribution is 5.39. The number of hydrogen-bond donors (Lipinski definition) is 0. The minimum atomic E-state index is 0.222. The molecule has 3 aromatic rings. The molecule has 0 N–H and O–H groups in total. The van der Waals surface area contributed by atoms with Gasteiger partial charge in [0.2, 0.25) is 6.33 Å². The van der Waals surface area contributed by atoms with Gasteiger partial charge >= 0.3 is 5.82 Å². The van der Waals surface area contributed by atoms with Gasteiger partial charge in [-0.1, -0.05) is 47.1 Å². The summed E-state index contributed by atoms with van der Waals surface area (Å²) >= 11 is 0. The third kappa shape index (κ3) is 1.88. The van der Waals surface area contributed by atoms with Crippen LogP contribution < -0.4 is 4.57 Å². The Bertz CT molecular complexity index is 899. The first-order valence-electron chi connectivity index (χ1n) is 8.06. The molecule has 4 heteroatoms. The van der Waals surface area contributed by atoms with E-state index in [9.17, 15) is 0 Å². The van der Waals surface area contributed by atoms with Crippen LogP contribution in [0.3, 0.4) is 0 Å². The molecule has 0 fully saturated rings. The zero-order valence-corrected chi connectivity index (χ0v) is 13.0. The van der Waals surface area contributed by atoms with Crippen molar-refractivity contribution in [1.29, 1.82) is 0 Å². The van der Waals surface area contributed by atoms with E-state index in [0.29, 0.717) is 6.61 Å². The Morgan fingerprint density at radius 3 is 2.87 bits per heavy atom. The van der Waals surface area contributed by atoms with Gasteiger partial charge in [0.1, 0.15) is 24.4 Å². The lowest BCUT2D eigenvalue weighted by molar-refractivity contribution is -0.739. The Labute approximate surface area is 135 Å². The average Bonchev–Trinajstić information content (AvgIpc) is 3.15. The van der Waals surface area contributed by atoms with Crippen LogP contribution >= 0.6 is 0 Å². The minimum absolute atomic E-state index is 0.222. The van der Waals surface area contributed by atoms with Crippen molar-refractivity contribution in [3.05, 3.63) is 77.4 Å². The predicted octanol–water partition coefficient (Wildman–Crippen LogP) is 2.51. The number of benzene rings is 2. The Morgan fingerprint density at radius 1 is 1.13 bits per heavy atom. The predicted molar refractivity (Wildman–Crippen MR) is 85.4 cm³/mol. The summed E-state index contributed by atoms with van der Waals surface area (Å²) in [7, 11) is 0. The van der Waals surface area contributed by atoms with Gasteiger partial charge in [-0.05, 0) is 29.7 Å². The van der Waals surface area contributed by atoms with E-state index in [4.69, 9.17) is 9.84 Å². The van der Waals surface area contributed by atoms with Crippen LogP contribution in [0.25, 0.3) is 5.69 Å². The van der Waals surface area contributed by atoms with Gasteiger partial charge in [-0.2, -0.15) is 0 Å². The maximum atomic E-state index is 6.09. The van der Waals surface area contributed by atoms with E-state index in [1.54, 1.807) is 0 Å². The first kappa shape index (κ1) is 13.0. The summed E-state index contributed by atoms with van der Waals surface area (Å²) in [6.07, 6.45) is 3.34. The molecule has 0 unspecified atom stereocenters. The summed E-state index contributed by atoms with van der Waals surface area (Å²) in [6, 6.07) is 17.2. The standard InChI is InChI=1S/C19H18N3O/c1-13-6-2-5-9-16(13)22-12-21-18(20-22)11-23-17-10-14-7-3-4-8-15(14)19(17)21/h2-9,12,17,19H,10-11H2,1H3/q+1/t17-,19+/m1/s1. The van der Waals surface area contributed by atoms with Crippen LogP contribution in [0.2, 0.25) is 0 Å². The lowest BCUT2D eigenvalue weighted by Gasteiger charge is -2.23. The number of rotatable bonds is 1. The van der Waals surface area contributed by atoms with Crippen molar-refractivity contribution in [1.82, 2.24) is 9.78 Å². The fourth-order valence-corrected chi connectivity index (χ4v) is 3.86. The number of hydrogen-bond acceptors (Lipinski definition) is 2. The minimum Gasteiger partial charge on any atom is -0.363 e. The molecule has 1 aromatic heterocycles. The quantitative estimate of drug-likeness (QED) is 0.647. The molecule has 0 radical (unpaired) electrons. The van der Waals surface area contributed by atoms with Crippen LogP contribution in [-0.2, 0) is 17.8 Å². The average molecular weight is 304 g/mol. The van der Waals surface area contributed by atoms with Gasteiger partial charge in [-0.3, -0.25) is 0 Å². The van der Waals surface area contributed by atoms with Gasteiger partial charge in [0.05, 0.1) is 0 Å². The van der Waals surface area contributed by atoms with Crippen LogP contribution in [-0.4, -0.2) is 15.9 Å². The van der Waals surface area contributed by atoms with Gasteiger partial charge in [0, 0.05) is 11.5 Å². The largest absolute Gasteiger partial charge is 0.363 e. The molecular weight excluding hydrogens is 286 g/mol. The number of para-hydroxylation sites is 1. The Hall–Kier alpha value is -2.46. The number of fused-ring (bicyclic) bond motifs is 5. The third-order valence-corrected chi connectivity index (χ3v) is 4.99. The highest BCUT2D eigenvalue weighted by Crippen LogP contribution is 2.35. The second-order valence-electron chi connectivity index (χ2n) is 6.37. The van der Waals surface area contributed by atoms with E-state index < -0.39 is 0 Å². The van der Waals surface area contributed by atoms with Crippen LogP contribution in [0.4, 0.5) is 0 Å². The lowest BCUT2D eigenvalue weighted by Crippen LogP contribution is -2.51. The van der Waals surface area contributed by atoms with E-state index in [0.717, 1.165) is 17.9 Å². The van der Waals surface area contributed by atoms with Gasteiger partial charge in [-0.15, -0.1) is 0 Å². The Morgan fingerprint density at radius 2 is 1.96 bits per heavy atom. The number of nitrogens with zero attached hydrogens (tertiary/aromatic N) is 3. The summed E-state index contributed by atoms with van der Waals surface area (Å²) in [4.78, 5) is 0. The van der Waals surface area contributed by atoms with Crippen LogP contribution in [0.5, 0.6) is 0 Å². The van der Waals surface area contributed by atoms with Crippen LogP contribution in [0.15, 0.2) is 54.9 Å². The molecule has 2 heterocycles. The van der Waals surface area contributed by atoms with Crippen molar-refractivity contribution < 1.29 is 9.30 Å². The molecular formula is C19H18N3O+. The van der Waals surface area contributed by atoms with E-state index >= 15 is 0 Å². The second-order valence-corrected chi connectivity index (χ2v) is 6.37. The van der Waals surface area contributed by atoms with Crippen molar-refractivity contribution in [2.45, 2.75) is 32.1 Å². The van der Waals surface area contributed by atoms with Crippen molar-refractivity contribution in [3.8, 4) is 5.69 Å². The van der Waals surface area contributed by atoms with Gasteiger partial charge in [-0.25, -0.2) is 4.57 Å². The summed E-state index contributed by atoms with van der Waals surface area (Å²) in [5.74, 6) is 0.992. The number of ether oxygens (including phenoxy) is 1. The summed E-state index contributed by atoms with van der Waals surface area (Å²) in [5.41, 5.74) is 5.11. The van der Waals surface area contributed by atoms with Crippen LogP contribution in [0, 0.1) is 6.92 Å². The zero-order chi connectivity index (χ0) is 15.4. The second kappa shape index (κ2) is 4.77. The Balaban J connectivity index is 1.65. The van der Waals surface area contributed by atoms with Crippen molar-refractivity contribution in [2.75, 3.05) is 0 Å². The van der Waals surface area contributed by atoms with Crippen LogP contribution in [0.1, 0.15) is 28.6 Å². The normalized spacial score (nSPS) is 21.6. The molecule has 0 spiro atoms. The lowest BCUT2D eigenvalue weighted by atomic mass is 10.1. The van der Waals surface area contributed by atoms with Gasteiger partial charge < -0.3 is 4.74 Å². The van der Waals surface area contributed by atoms with E-state index in [-0.39, 0.29) is 12.1 Å². The maximum Gasteiger partial charge on any atom is 0.304 e. The molecule has 2 aliphatic rings. The SMILES string of the molecule is Cc1ccccc1-n1c[n+]2c(n1)CO[C@@H]1Cc3ccccc3[C@@H]12. The van der Waals surface area contributed by atoms with E-state index in [1.165, 1.54) is 16.7 Å². The molecule has 1 aliphatic heterocycles. The molecule has 0 saturated carbocycles. The van der Waals surface area contributed by atoms with Crippen molar-refractivity contribution >= 4 is 0 Å². The molecule has 1 aliphatic carbocycles. The smallest absolute Gasteiger partial charge is 0.304 e. The number of aryl methyl sites for hydroxylation is 1. The van der Waals surface area contributed by atoms with Gasteiger partial charge in [0.25, 0.3) is 0 Å². The highest BCUT2D eigenvalue weighted by Gasteiger charge is 2.43. The summed E-state index contributed by atoms with van der Waals surface area (Å²) < 4.78 is 10.4. The molecule has 5 rings (SSSR count). The molecule has 0 amide bonds. The Kier molecular flexibility index (Phi) is 2.70. The molecule has 4 nitrogen and oxygen atoms in total. The summed E-state index contributed by atoms with van der Waals surface area (Å²) in [6.45, 7) is 2.69. The first-order chi connectivity index (χ1) is 11.3. The molecule has 2 atom stereocenters. The number of aromatic nitrogens is 3. The molecule has 0 bridgehead atoms.